The van der Waals surface area contributed by atoms with Gasteiger partial charge in [0.25, 0.3) is 0 Å². The molecular weight excluding hydrogens is 511 g/mol. The molecule has 0 aliphatic carbocycles. The minimum atomic E-state index is -3.43. The van der Waals surface area contributed by atoms with E-state index in [1.165, 1.54) is 16.9 Å². The zero-order valence-corrected chi connectivity index (χ0v) is 20.2. The normalized spacial score (nSPS) is 11.6. The van der Waals surface area contributed by atoms with Crippen molar-refractivity contribution in [3.8, 4) is 5.75 Å². The lowest BCUT2D eigenvalue weighted by Gasteiger charge is -2.13. The fourth-order valence-corrected chi connectivity index (χ4v) is 4.49. The summed E-state index contributed by atoms with van der Waals surface area (Å²) >= 11 is 1.20. The molecule has 0 bridgehead atoms. The van der Waals surface area contributed by atoms with Gasteiger partial charge in [-0.25, -0.2) is 13.1 Å². The van der Waals surface area contributed by atoms with Crippen molar-refractivity contribution in [3.05, 3.63) is 46.8 Å². The Morgan fingerprint density at radius 3 is 2.57 bits per heavy atom. The van der Waals surface area contributed by atoms with Crippen molar-refractivity contribution < 1.29 is 13.2 Å². The lowest BCUT2D eigenvalue weighted by atomic mass is 10.1. The second kappa shape index (κ2) is 12.2. The third-order valence-electron chi connectivity index (χ3n) is 3.87. The van der Waals surface area contributed by atoms with Gasteiger partial charge in [0.1, 0.15) is 9.96 Å². The Balaban J connectivity index is 0.00000392. The first-order chi connectivity index (χ1) is 13.0. The first kappa shape index (κ1) is 24.7. The Bertz CT molecular complexity index is 856. The molecule has 0 spiro atoms. The lowest BCUT2D eigenvalue weighted by Crippen LogP contribution is -2.42. The molecule has 0 fully saturated rings. The van der Waals surface area contributed by atoms with Gasteiger partial charge in [-0.3, -0.25) is 4.99 Å². The van der Waals surface area contributed by atoms with E-state index in [2.05, 4.69) is 26.4 Å². The van der Waals surface area contributed by atoms with E-state index in [1.807, 2.05) is 19.1 Å². The molecule has 0 amide bonds. The number of sulfonamides is 1. The zero-order chi connectivity index (χ0) is 19.7. The number of aryl methyl sites for hydroxylation is 1. The van der Waals surface area contributed by atoms with E-state index in [-0.39, 0.29) is 30.5 Å². The zero-order valence-electron chi connectivity index (χ0n) is 16.2. The van der Waals surface area contributed by atoms with Crippen LogP contribution in [-0.4, -0.2) is 48.2 Å². The summed E-state index contributed by atoms with van der Waals surface area (Å²) in [7, 11) is -0.0783. The van der Waals surface area contributed by atoms with Crippen molar-refractivity contribution in [2.24, 2.45) is 4.99 Å². The van der Waals surface area contributed by atoms with Crippen molar-refractivity contribution >= 4 is 51.3 Å². The highest BCUT2D eigenvalue weighted by Gasteiger charge is 2.13. The summed E-state index contributed by atoms with van der Waals surface area (Å²) in [5.74, 6) is 1.51. The van der Waals surface area contributed by atoms with Gasteiger partial charge in [0.05, 0.1) is 7.11 Å². The van der Waals surface area contributed by atoms with Crippen molar-refractivity contribution in [2.45, 2.75) is 17.6 Å². The van der Waals surface area contributed by atoms with Gasteiger partial charge >= 0.3 is 0 Å². The average Bonchev–Trinajstić information content (AvgIpc) is 3.20. The number of guanidine groups is 1. The highest BCUT2D eigenvalue weighted by Crippen LogP contribution is 2.19. The number of hydrogen-bond acceptors (Lipinski definition) is 5. The summed E-state index contributed by atoms with van der Waals surface area (Å²) < 4.78 is 32.3. The molecule has 3 N–H and O–H groups in total. The summed E-state index contributed by atoms with van der Waals surface area (Å²) in [6.07, 6.45) is 0.822. The van der Waals surface area contributed by atoms with Crippen LogP contribution in [-0.2, 0) is 16.4 Å². The number of aliphatic imine (C=N–C) groups is 1. The second-order valence-corrected chi connectivity index (χ2v) is 8.75. The molecule has 2 aromatic rings. The number of nitrogens with one attached hydrogen (secondary N) is 3. The Kier molecular flexibility index (Phi) is 10.8. The number of ether oxygens (including phenoxy) is 1. The van der Waals surface area contributed by atoms with Crippen LogP contribution in [0.5, 0.6) is 5.75 Å². The van der Waals surface area contributed by atoms with Crippen LogP contribution in [0.1, 0.15) is 11.1 Å². The third kappa shape index (κ3) is 7.57. The minimum absolute atomic E-state index is 0. The first-order valence-electron chi connectivity index (χ1n) is 8.57. The molecule has 0 saturated carbocycles. The van der Waals surface area contributed by atoms with Crippen molar-refractivity contribution in [1.82, 2.24) is 15.4 Å². The van der Waals surface area contributed by atoms with Gasteiger partial charge in [0, 0.05) is 26.7 Å². The first-order valence-corrected chi connectivity index (χ1v) is 10.9. The van der Waals surface area contributed by atoms with E-state index in [0.717, 1.165) is 17.7 Å². The van der Waals surface area contributed by atoms with Crippen molar-refractivity contribution in [3.63, 3.8) is 0 Å². The number of benzene rings is 1. The van der Waals surface area contributed by atoms with Crippen molar-refractivity contribution in [2.75, 3.05) is 33.8 Å². The predicted molar refractivity (Wildman–Crippen MR) is 126 cm³/mol. The summed E-state index contributed by atoms with van der Waals surface area (Å²) in [5, 5.41) is 8.05. The Morgan fingerprint density at radius 2 is 1.93 bits per heavy atom. The van der Waals surface area contributed by atoms with Gasteiger partial charge < -0.3 is 15.4 Å². The van der Waals surface area contributed by atoms with Gasteiger partial charge in [0.2, 0.25) is 10.0 Å². The van der Waals surface area contributed by atoms with Crippen LogP contribution in [0.3, 0.4) is 0 Å². The van der Waals surface area contributed by atoms with Gasteiger partial charge in [-0.15, -0.1) is 35.3 Å². The quantitative estimate of drug-likeness (QED) is 0.198. The summed E-state index contributed by atoms with van der Waals surface area (Å²) in [4.78, 5) is 4.15. The van der Waals surface area contributed by atoms with E-state index >= 15 is 0 Å². The molecule has 0 saturated heterocycles. The molecule has 10 heteroatoms. The average molecular weight is 538 g/mol. The van der Waals surface area contributed by atoms with Gasteiger partial charge in [0.15, 0.2) is 5.96 Å². The highest BCUT2D eigenvalue weighted by molar-refractivity contribution is 14.0. The molecule has 1 heterocycles. The van der Waals surface area contributed by atoms with Gasteiger partial charge in [-0.1, -0.05) is 18.2 Å². The van der Waals surface area contributed by atoms with E-state index < -0.39 is 10.0 Å². The summed E-state index contributed by atoms with van der Waals surface area (Å²) in [6.45, 7) is 3.42. The maximum atomic E-state index is 12.0. The van der Waals surface area contributed by atoms with Crippen LogP contribution in [0.15, 0.2) is 44.9 Å². The Labute approximate surface area is 188 Å². The molecule has 2 rings (SSSR count). The maximum absolute atomic E-state index is 12.0. The molecule has 1 aromatic heterocycles. The maximum Gasteiger partial charge on any atom is 0.250 e. The molecule has 156 valence electrons. The minimum Gasteiger partial charge on any atom is -0.496 e. The largest absolute Gasteiger partial charge is 0.496 e. The fraction of sp³-hybridized carbons (Fsp3) is 0.389. The molecule has 0 aliphatic rings. The summed E-state index contributed by atoms with van der Waals surface area (Å²) in [6, 6.07) is 9.45. The van der Waals surface area contributed by atoms with E-state index in [1.54, 1.807) is 31.7 Å². The smallest absolute Gasteiger partial charge is 0.250 e. The predicted octanol–water partition coefficient (Wildman–Crippen LogP) is 2.37. The SMILES string of the molecule is CN=C(NCCNS(=O)(=O)c1cccs1)NCCc1ccc(C)c(OC)c1.I. The van der Waals surface area contributed by atoms with E-state index in [0.29, 0.717) is 23.3 Å². The van der Waals surface area contributed by atoms with E-state index in [9.17, 15) is 8.42 Å². The highest BCUT2D eigenvalue weighted by atomic mass is 127. The molecule has 0 unspecified atom stereocenters. The summed E-state index contributed by atoms with van der Waals surface area (Å²) in [5.41, 5.74) is 2.28. The van der Waals surface area contributed by atoms with Crippen LogP contribution in [0.25, 0.3) is 0 Å². The topological polar surface area (TPSA) is 91.8 Å². The van der Waals surface area contributed by atoms with Gasteiger partial charge in [-0.2, -0.15) is 0 Å². The van der Waals surface area contributed by atoms with Crippen LogP contribution >= 0.6 is 35.3 Å². The number of nitrogens with zero attached hydrogens (tertiary/aromatic N) is 1. The molecule has 0 radical (unpaired) electrons. The molecular formula is C18H27IN4O3S2. The third-order valence-corrected chi connectivity index (χ3v) is 6.73. The number of thiophene rings is 1. The molecule has 28 heavy (non-hydrogen) atoms. The number of hydrogen-bond donors (Lipinski definition) is 3. The Hall–Kier alpha value is -1.37. The molecule has 1 aromatic carbocycles. The number of rotatable bonds is 9. The molecule has 7 nitrogen and oxygen atoms in total. The second-order valence-electron chi connectivity index (χ2n) is 5.81. The van der Waals surface area contributed by atoms with Crippen LogP contribution in [0.2, 0.25) is 0 Å². The number of halogens is 1. The standard InChI is InChI=1S/C18H26N4O3S2.HI/c1-14-6-7-15(13-16(14)25-3)8-9-20-18(19-2)21-10-11-22-27(23,24)17-5-4-12-26-17;/h4-7,12-13,22H,8-11H2,1-3H3,(H2,19,20,21);1H. The molecule has 0 aliphatic heterocycles. The van der Waals surface area contributed by atoms with Crippen LogP contribution < -0.4 is 20.1 Å². The monoisotopic (exact) mass is 538 g/mol. The van der Waals surface area contributed by atoms with Gasteiger partial charge in [-0.05, 0) is 42.0 Å². The van der Waals surface area contributed by atoms with Crippen molar-refractivity contribution in [1.29, 1.82) is 0 Å². The van der Waals surface area contributed by atoms with Crippen LogP contribution in [0, 0.1) is 6.92 Å². The number of methoxy groups -OCH3 is 1. The lowest BCUT2D eigenvalue weighted by molar-refractivity contribution is 0.411. The molecule has 0 atom stereocenters. The fourth-order valence-electron chi connectivity index (χ4n) is 2.42. The van der Waals surface area contributed by atoms with Crippen LogP contribution in [0.4, 0.5) is 0 Å². The Morgan fingerprint density at radius 1 is 1.18 bits per heavy atom. The van der Waals surface area contributed by atoms with E-state index in [4.69, 9.17) is 4.74 Å².